The average Bonchev–Trinajstić information content (AvgIpc) is 2.83. The fourth-order valence-electron chi connectivity index (χ4n) is 2.07. The summed E-state index contributed by atoms with van der Waals surface area (Å²) in [7, 11) is 1.84. The maximum Gasteiger partial charge on any atom is 0.236 e. The molecule has 0 saturated carbocycles. The largest absolute Gasteiger partial charge is 0.493 e. The molecule has 98 valence electrons. The van der Waals surface area contributed by atoms with Crippen LogP contribution in [-0.2, 0) is 17.8 Å². The molecule has 1 aromatic carbocycles. The maximum atomic E-state index is 11.8. The van der Waals surface area contributed by atoms with Gasteiger partial charge in [0.1, 0.15) is 5.75 Å². The fraction of sp³-hybridized carbons (Fsp3) is 0.500. The molecule has 0 aromatic heterocycles. The van der Waals surface area contributed by atoms with Crippen LogP contribution < -0.4 is 10.1 Å². The molecule has 1 amide bonds. The minimum Gasteiger partial charge on any atom is -0.493 e. The smallest absolute Gasteiger partial charge is 0.236 e. The predicted octanol–water partition coefficient (Wildman–Crippen LogP) is 1.19. The van der Waals surface area contributed by atoms with E-state index in [0.29, 0.717) is 13.1 Å². The Morgan fingerprint density at radius 2 is 2.33 bits per heavy atom. The van der Waals surface area contributed by atoms with Crippen LogP contribution >= 0.6 is 0 Å². The molecule has 0 atom stereocenters. The Balaban J connectivity index is 1.94. The van der Waals surface area contributed by atoms with Crippen molar-refractivity contribution in [2.24, 2.45) is 0 Å². The van der Waals surface area contributed by atoms with Crippen LogP contribution in [0.2, 0.25) is 0 Å². The molecule has 1 N–H and O–H groups in total. The Kier molecular flexibility index (Phi) is 4.20. The molecule has 4 nitrogen and oxygen atoms in total. The lowest BCUT2D eigenvalue weighted by Crippen LogP contribution is -2.35. The number of likely N-dealkylation sites (N-methyl/N-ethyl adjacent to an activating group) is 2. The van der Waals surface area contributed by atoms with Gasteiger partial charge in [0.25, 0.3) is 0 Å². The second-order valence-electron chi connectivity index (χ2n) is 4.57. The second-order valence-corrected chi connectivity index (χ2v) is 4.57. The van der Waals surface area contributed by atoms with Gasteiger partial charge < -0.3 is 15.0 Å². The number of benzene rings is 1. The number of nitrogens with one attached hydrogen (secondary N) is 1. The molecule has 1 heterocycles. The quantitative estimate of drug-likeness (QED) is 0.851. The van der Waals surface area contributed by atoms with Crippen LogP contribution in [0.3, 0.4) is 0 Å². The number of hydrogen-bond acceptors (Lipinski definition) is 3. The first-order chi connectivity index (χ1) is 8.70. The number of nitrogens with zero attached hydrogens (tertiary/aromatic N) is 1. The topological polar surface area (TPSA) is 41.6 Å². The third kappa shape index (κ3) is 3.01. The van der Waals surface area contributed by atoms with Crippen LogP contribution in [0.25, 0.3) is 0 Å². The van der Waals surface area contributed by atoms with Gasteiger partial charge in [0, 0.05) is 20.0 Å². The maximum absolute atomic E-state index is 11.8. The third-order valence-electron chi connectivity index (χ3n) is 3.13. The summed E-state index contributed by atoms with van der Waals surface area (Å²) in [6.07, 6.45) is 0.970. The molecule has 0 saturated heterocycles. The number of fused-ring (bicyclic) bond motifs is 1. The molecule has 1 aliphatic heterocycles. The Morgan fingerprint density at radius 1 is 1.50 bits per heavy atom. The zero-order chi connectivity index (χ0) is 13.0. The molecule has 0 aliphatic carbocycles. The Morgan fingerprint density at radius 3 is 3.11 bits per heavy atom. The van der Waals surface area contributed by atoms with Gasteiger partial charge in [-0.2, -0.15) is 0 Å². The minimum absolute atomic E-state index is 0.119. The average molecular weight is 248 g/mol. The lowest BCUT2D eigenvalue weighted by molar-refractivity contribution is -0.129. The molecule has 1 aromatic rings. The van der Waals surface area contributed by atoms with Gasteiger partial charge in [-0.25, -0.2) is 0 Å². The zero-order valence-electron chi connectivity index (χ0n) is 11.0. The van der Waals surface area contributed by atoms with Gasteiger partial charge in [0.05, 0.1) is 13.2 Å². The van der Waals surface area contributed by atoms with E-state index in [-0.39, 0.29) is 5.91 Å². The lowest BCUT2D eigenvalue weighted by Gasteiger charge is -2.17. The van der Waals surface area contributed by atoms with Crippen molar-refractivity contribution in [3.8, 4) is 5.75 Å². The van der Waals surface area contributed by atoms with Crippen molar-refractivity contribution in [1.29, 1.82) is 0 Å². The van der Waals surface area contributed by atoms with E-state index < -0.39 is 0 Å². The summed E-state index contributed by atoms with van der Waals surface area (Å²) in [5.41, 5.74) is 2.41. The number of ether oxygens (including phenoxy) is 1. The Bertz CT molecular complexity index is 432. The van der Waals surface area contributed by atoms with E-state index in [9.17, 15) is 4.79 Å². The highest BCUT2D eigenvalue weighted by Gasteiger charge is 2.14. The van der Waals surface area contributed by atoms with Crippen molar-refractivity contribution in [3.05, 3.63) is 29.3 Å². The summed E-state index contributed by atoms with van der Waals surface area (Å²) in [5, 5.41) is 3.05. The SMILES string of the molecule is CCNCC(=O)N(C)Cc1ccc2c(c1)CCO2. The summed E-state index contributed by atoms with van der Waals surface area (Å²) in [4.78, 5) is 13.5. The highest BCUT2D eigenvalue weighted by Crippen LogP contribution is 2.26. The summed E-state index contributed by atoms with van der Waals surface area (Å²) in [5.74, 6) is 1.11. The Hall–Kier alpha value is -1.55. The number of amides is 1. The van der Waals surface area contributed by atoms with Gasteiger partial charge in [-0.15, -0.1) is 0 Å². The van der Waals surface area contributed by atoms with E-state index in [2.05, 4.69) is 11.4 Å². The summed E-state index contributed by atoms with van der Waals surface area (Å²) < 4.78 is 5.47. The van der Waals surface area contributed by atoms with Crippen molar-refractivity contribution in [2.75, 3.05) is 26.7 Å². The van der Waals surface area contributed by atoms with Crippen LogP contribution in [-0.4, -0.2) is 37.6 Å². The molecule has 4 heteroatoms. The van der Waals surface area contributed by atoms with Crippen molar-refractivity contribution in [1.82, 2.24) is 10.2 Å². The van der Waals surface area contributed by atoms with Crippen LogP contribution in [0, 0.1) is 0 Å². The number of carbonyl (C=O) groups is 1. The molecule has 0 radical (unpaired) electrons. The first-order valence-electron chi connectivity index (χ1n) is 6.40. The predicted molar refractivity (Wildman–Crippen MR) is 70.7 cm³/mol. The first-order valence-corrected chi connectivity index (χ1v) is 6.40. The van der Waals surface area contributed by atoms with Crippen molar-refractivity contribution in [2.45, 2.75) is 19.9 Å². The van der Waals surface area contributed by atoms with Crippen LogP contribution in [0.5, 0.6) is 5.75 Å². The summed E-state index contributed by atoms with van der Waals surface area (Å²) in [6, 6.07) is 6.17. The normalized spacial score (nSPS) is 13.0. The first kappa shape index (κ1) is 12.9. The van der Waals surface area contributed by atoms with E-state index in [4.69, 9.17) is 4.74 Å². The number of rotatable bonds is 5. The van der Waals surface area contributed by atoms with E-state index >= 15 is 0 Å². The lowest BCUT2D eigenvalue weighted by atomic mass is 10.1. The molecule has 0 fully saturated rings. The van der Waals surface area contributed by atoms with E-state index in [1.165, 1.54) is 5.56 Å². The van der Waals surface area contributed by atoms with Crippen molar-refractivity contribution >= 4 is 5.91 Å². The third-order valence-corrected chi connectivity index (χ3v) is 3.13. The zero-order valence-corrected chi connectivity index (χ0v) is 11.0. The fourth-order valence-corrected chi connectivity index (χ4v) is 2.07. The number of carbonyl (C=O) groups excluding carboxylic acids is 1. The highest BCUT2D eigenvalue weighted by atomic mass is 16.5. The van der Waals surface area contributed by atoms with Crippen LogP contribution in [0.15, 0.2) is 18.2 Å². The van der Waals surface area contributed by atoms with Gasteiger partial charge in [0.15, 0.2) is 0 Å². The van der Waals surface area contributed by atoms with Gasteiger partial charge >= 0.3 is 0 Å². The van der Waals surface area contributed by atoms with Crippen LogP contribution in [0.1, 0.15) is 18.1 Å². The van der Waals surface area contributed by atoms with Crippen molar-refractivity contribution in [3.63, 3.8) is 0 Å². The number of hydrogen-bond donors (Lipinski definition) is 1. The molecular formula is C14H20N2O2. The molecular weight excluding hydrogens is 228 g/mol. The Labute approximate surface area is 108 Å². The minimum atomic E-state index is 0.119. The van der Waals surface area contributed by atoms with E-state index in [1.54, 1.807) is 4.90 Å². The molecule has 2 rings (SSSR count). The van der Waals surface area contributed by atoms with E-state index in [1.807, 2.05) is 26.1 Å². The van der Waals surface area contributed by atoms with Gasteiger partial charge in [-0.3, -0.25) is 4.79 Å². The molecule has 0 bridgehead atoms. The second kappa shape index (κ2) is 5.87. The van der Waals surface area contributed by atoms with Crippen LogP contribution in [0.4, 0.5) is 0 Å². The van der Waals surface area contributed by atoms with Crippen molar-refractivity contribution < 1.29 is 9.53 Å². The molecule has 0 spiro atoms. The van der Waals surface area contributed by atoms with Gasteiger partial charge in [-0.05, 0) is 23.7 Å². The van der Waals surface area contributed by atoms with Gasteiger partial charge in [-0.1, -0.05) is 19.1 Å². The summed E-state index contributed by atoms with van der Waals surface area (Å²) in [6.45, 7) is 4.63. The molecule has 1 aliphatic rings. The monoisotopic (exact) mass is 248 g/mol. The molecule has 0 unspecified atom stereocenters. The van der Waals surface area contributed by atoms with E-state index in [0.717, 1.165) is 30.9 Å². The standard InChI is InChI=1S/C14H20N2O2/c1-3-15-9-14(17)16(2)10-11-4-5-13-12(8-11)6-7-18-13/h4-5,8,15H,3,6-7,9-10H2,1-2H3. The highest BCUT2D eigenvalue weighted by molar-refractivity contribution is 5.77. The van der Waals surface area contributed by atoms with Gasteiger partial charge in [0.2, 0.25) is 5.91 Å². The molecule has 18 heavy (non-hydrogen) atoms. The summed E-state index contributed by atoms with van der Waals surface area (Å²) >= 11 is 0.